The first-order valence-corrected chi connectivity index (χ1v) is 5.71. The van der Waals surface area contributed by atoms with E-state index >= 15 is 0 Å². The third kappa shape index (κ3) is 2.90. The Morgan fingerprint density at radius 3 is 2.13 bits per heavy atom. The van der Waals surface area contributed by atoms with E-state index in [1.54, 1.807) is 0 Å². The van der Waals surface area contributed by atoms with E-state index in [4.69, 9.17) is 46.4 Å². The molecule has 6 heteroatoms. The summed E-state index contributed by atoms with van der Waals surface area (Å²) in [5, 5.41) is 19.7. The largest absolute Gasteiger partial charge is 0.389 e. The van der Waals surface area contributed by atoms with Crippen molar-refractivity contribution in [1.29, 1.82) is 0 Å². The summed E-state index contributed by atoms with van der Waals surface area (Å²) >= 11 is 22.9. The zero-order chi connectivity index (χ0) is 11.6. The Kier molecular flexibility index (Phi) is 4.97. The van der Waals surface area contributed by atoms with E-state index in [0.717, 1.165) is 0 Å². The molecule has 0 amide bonds. The van der Waals surface area contributed by atoms with Crippen LogP contribution >= 0.6 is 46.4 Å². The molecule has 0 fully saturated rings. The number of rotatable bonds is 3. The molecule has 0 saturated heterocycles. The number of aliphatic hydroxyl groups is 2. The van der Waals surface area contributed by atoms with Gasteiger partial charge in [-0.05, 0) is 12.1 Å². The maximum absolute atomic E-state index is 9.71. The van der Waals surface area contributed by atoms with Crippen molar-refractivity contribution in [3.63, 3.8) is 0 Å². The van der Waals surface area contributed by atoms with Gasteiger partial charge >= 0.3 is 0 Å². The first-order chi connectivity index (χ1) is 6.99. The van der Waals surface area contributed by atoms with Gasteiger partial charge in [-0.3, -0.25) is 0 Å². The third-order valence-electron chi connectivity index (χ3n) is 1.90. The lowest BCUT2D eigenvalue weighted by atomic mass is 10.1. The number of hydrogen-bond donors (Lipinski definition) is 2. The molecule has 0 aromatic heterocycles. The normalized spacial score (nSPS) is 15.1. The van der Waals surface area contributed by atoms with Gasteiger partial charge in [0, 0.05) is 10.6 Å². The van der Waals surface area contributed by atoms with Crippen LogP contribution in [0.15, 0.2) is 12.1 Å². The van der Waals surface area contributed by atoms with Gasteiger partial charge in [0.1, 0.15) is 6.10 Å². The average Bonchev–Trinajstić information content (AvgIpc) is 2.22. The molecule has 1 aromatic carbocycles. The number of hydrogen-bond acceptors (Lipinski definition) is 2. The summed E-state index contributed by atoms with van der Waals surface area (Å²) in [6.07, 6.45) is -2.39. The third-order valence-corrected chi connectivity index (χ3v) is 3.36. The smallest absolute Gasteiger partial charge is 0.109 e. The topological polar surface area (TPSA) is 40.5 Å². The van der Waals surface area contributed by atoms with Gasteiger partial charge in [-0.1, -0.05) is 34.8 Å². The van der Waals surface area contributed by atoms with E-state index in [1.807, 2.05) is 0 Å². The minimum Gasteiger partial charge on any atom is -0.389 e. The van der Waals surface area contributed by atoms with Crippen LogP contribution in [0.3, 0.4) is 0 Å². The average molecular weight is 290 g/mol. The number of benzene rings is 1. The molecule has 0 saturated carbocycles. The molecule has 0 aliphatic rings. The van der Waals surface area contributed by atoms with Crippen molar-refractivity contribution in [2.45, 2.75) is 12.2 Å². The van der Waals surface area contributed by atoms with Crippen molar-refractivity contribution in [3.05, 3.63) is 32.8 Å². The molecule has 1 aromatic rings. The van der Waals surface area contributed by atoms with Crippen molar-refractivity contribution in [3.8, 4) is 0 Å². The fourth-order valence-electron chi connectivity index (χ4n) is 1.09. The van der Waals surface area contributed by atoms with Gasteiger partial charge in [-0.25, -0.2) is 0 Å². The summed E-state index contributed by atoms with van der Waals surface area (Å²) in [7, 11) is 0. The van der Waals surface area contributed by atoms with Crippen molar-refractivity contribution in [2.75, 3.05) is 5.88 Å². The number of alkyl halides is 1. The molecule has 84 valence electrons. The maximum atomic E-state index is 9.71. The lowest BCUT2D eigenvalue weighted by molar-refractivity contribution is 0.0328. The highest BCUT2D eigenvalue weighted by Gasteiger charge is 2.23. The summed E-state index contributed by atoms with van der Waals surface area (Å²) in [5.41, 5.74) is 0.194. The number of aliphatic hydroxyl groups excluding tert-OH is 2. The van der Waals surface area contributed by atoms with E-state index in [9.17, 15) is 10.2 Å². The fourth-order valence-corrected chi connectivity index (χ4v) is 2.02. The van der Waals surface area contributed by atoms with Crippen molar-refractivity contribution in [1.82, 2.24) is 0 Å². The Bertz CT molecular complexity index is 356. The summed E-state index contributed by atoms with van der Waals surface area (Å²) in [5.74, 6) is -0.125. The van der Waals surface area contributed by atoms with E-state index < -0.39 is 12.2 Å². The predicted octanol–water partition coefficient (Wildman–Crippen LogP) is 3.28. The van der Waals surface area contributed by atoms with Crippen molar-refractivity contribution < 1.29 is 10.2 Å². The molecule has 2 N–H and O–H groups in total. The highest BCUT2D eigenvalue weighted by atomic mass is 35.5. The van der Waals surface area contributed by atoms with Gasteiger partial charge in [0.2, 0.25) is 0 Å². The van der Waals surface area contributed by atoms with Crippen molar-refractivity contribution in [2.24, 2.45) is 0 Å². The van der Waals surface area contributed by atoms with E-state index in [-0.39, 0.29) is 26.5 Å². The van der Waals surface area contributed by atoms with Gasteiger partial charge in [0.05, 0.1) is 22.0 Å². The Balaban J connectivity index is 3.18. The monoisotopic (exact) mass is 288 g/mol. The summed E-state index contributed by atoms with van der Waals surface area (Å²) in [6.45, 7) is 0. The molecule has 0 heterocycles. The van der Waals surface area contributed by atoms with E-state index in [2.05, 4.69) is 0 Å². The minimum absolute atomic E-state index is 0.125. The Morgan fingerprint density at radius 1 is 1.07 bits per heavy atom. The van der Waals surface area contributed by atoms with Crippen LogP contribution in [0.4, 0.5) is 0 Å². The first kappa shape index (κ1) is 13.4. The molecule has 2 atom stereocenters. The summed E-state index contributed by atoms with van der Waals surface area (Å²) in [6, 6.07) is 3.00. The van der Waals surface area contributed by atoms with Crippen LogP contribution in [0.1, 0.15) is 11.7 Å². The quantitative estimate of drug-likeness (QED) is 0.662. The molecular weight excluding hydrogens is 282 g/mol. The van der Waals surface area contributed by atoms with Crippen LogP contribution in [-0.2, 0) is 0 Å². The van der Waals surface area contributed by atoms with Crippen LogP contribution < -0.4 is 0 Å². The van der Waals surface area contributed by atoms with E-state index in [0.29, 0.717) is 0 Å². The molecular formula is C9H8Cl4O2. The molecule has 0 bridgehead atoms. The second-order valence-corrected chi connectivity index (χ2v) is 4.42. The highest BCUT2D eigenvalue weighted by Crippen LogP contribution is 2.36. The molecule has 0 aliphatic carbocycles. The summed E-state index contributed by atoms with van der Waals surface area (Å²) < 4.78 is 0. The minimum atomic E-state index is -1.25. The van der Waals surface area contributed by atoms with Crippen LogP contribution in [0, 0.1) is 0 Å². The zero-order valence-corrected chi connectivity index (χ0v) is 10.4. The Hall–Kier alpha value is 0.300. The van der Waals surface area contributed by atoms with Gasteiger partial charge in [-0.15, -0.1) is 11.6 Å². The molecule has 1 rings (SSSR count). The first-order valence-electron chi connectivity index (χ1n) is 4.04. The zero-order valence-electron chi connectivity index (χ0n) is 7.42. The van der Waals surface area contributed by atoms with Crippen molar-refractivity contribution >= 4 is 46.4 Å². The Labute approximate surface area is 107 Å². The molecule has 0 aliphatic heterocycles. The second-order valence-electron chi connectivity index (χ2n) is 2.92. The van der Waals surface area contributed by atoms with Crippen LogP contribution in [0.2, 0.25) is 15.1 Å². The SMILES string of the molecule is OC(CCl)C(O)c1c(Cl)ccc(Cl)c1Cl. The summed E-state index contributed by atoms with van der Waals surface area (Å²) in [4.78, 5) is 0. The van der Waals surface area contributed by atoms with Crippen LogP contribution in [-0.4, -0.2) is 22.2 Å². The molecule has 15 heavy (non-hydrogen) atoms. The van der Waals surface area contributed by atoms with Gasteiger partial charge in [0.25, 0.3) is 0 Å². The predicted molar refractivity (Wildman–Crippen MR) is 63.2 cm³/mol. The van der Waals surface area contributed by atoms with Gasteiger partial charge in [-0.2, -0.15) is 0 Å². The van der Waals surface area contributed by atoms with E-state index in [1.165, 1.54) is 12.1 Å². The lowest BCUT2D eigenvalue weighted by Crippen LogP contribution is -2.20. The molecule has 2 unspecified atom stereocenters. The highest BCUT2D eigenvalue weighted by molar-refractivity contribution is 6.44. The van der Waals surface area contributed by atoms with Gasteiger partial charge < -0.3 is 10.2 Å². The molecule has 0 radical (unpaired) electrons. The Morgan fingerprint density at radius 2 is 1.60 bits per heavy atom. The lowest BCUT2D eigenvalue weighted by Gasteiger charge is -2.18. The fraction of sp³-hybridized carbons (Fsp3) is 0.333. The molecule has 2 nitrogen and oxygen atoms in total. The maximum Gasteiger partial charge on any atom is 0.109 e. The van der Waals surface area contributed by atoms with Gasteiger partial charge in [0.15, 0.2) is 0 Å². The standard InChI is InChI=1S/C9H8Cl4O2/c10-3-6(14)9(15)7-4(11)1-2-5(12)8(7)13/h1-2,6,9,14-15H,3H2. The van der Waals surface area contributed by atoms with Crippen LogP contribution in [0.5, 0.6) is 0 Å². The second kappa shape index (κ2) is 5.58. The van der Waals surface area contributed by atoms with Crippen LogP contribution in [0.25, 0.3) is 0 Å². The molecule has 0 spiro atoms. The number of halogens is 4.